The molecule has 1 saturated carbocycles. The first kappa shape index (κ1) is 29.9. The van der Waals surface area contributed by atoms with E-state index < -0.39 is 23.2 Å². The van der Waals surface area contributed by atoms with E-state index in [0.717, 1.165) is 52.8 Å². The zero-order chi connectivity index (χ0) is 30.8. The second kappa shape index (κ2) is 12.9. The largest absolute Gasteiger partial charge is 0.488 e. The number of hydrogen-bond donors (Lipinski definition) is 1. The van der Waals surface area contributed by atoms with Crippen LogP contribution in [-0.4, -0.2) is 59.4 Å². The lowest BCUT2D eigenvalue weighted by molar-refractivity contribution is -0.132. The van der Waals surface area contributed by atoms with E-state index in [2.05, 4.69) is 5.32 Å². The fraction of sp³-hybridized carbons (Fsp3) is 0.371. The Hall–Kier alpha value is -4.11. The number of rotatable bonds is 10. The van der Waals surface area contributed by atoms with Gasteiger partial charge in [0, 0.05) is 44.2 Å². The number of amides is 2. The number of nitrogens with one attached hydrogen (secondary N) is 1. The number of carbonyl (C=O) groups excluding carboxylic acids is 2. The van der Waals surface area contributed by atoms with Crippen LogP contribution < -0.4 is 10.1 Å². The molecule has 44 heavy (non-hydrogen) atoms. The lowest BCUT2D eigenvalue weighted by Crippen LogP contribution is -2.61. The van der Waals surface area contributed by atoms with Crippen LogP contribution in [0.3, 0.4) is 0 Å². The molecule has 2 fully saturated rings. The smallest absolute Gasteiger partial charge is 0.252 e. The topological polar surface area (TPSA) is 61.9 Å². The summed E-state index contributed by atoms with van der Waals surface area (Å²) in [5.41, 5.74) is 4.81. The van der Waals surface area contributed by atoms with E-state index in [1.54, 1.807) is 6.92 Å². The van der Waals surface area contributed by atoms with Gasteiger partial charge in [0.05, 0.1) is 12.6 Å². The molecule has 9 heteroatoms. The van der Waals surface area contributed by atoms with Crippen LogP contribution in [0.4, 0.5) is 13.2 Å². The number of benzene rings is 3. The van der Waals surface area contributed by atoms with E-state index in [4.69, 9.17) is 4.74 Å². The van der Waals surface area contributed by atoms with E-state index in [9.17, 15) is 22.8 Å². The molecular weight excluding hydrogens is 567 g/mol. The van der Waals surface area contributed by atoms with Crippen LogP contribution >= 0.6 is 0 Å². The van der Waals surface area contributed by atoms with Gasteiger partial charge in [0.2, 0.25) is 11.7 Å². The Morgan fingerprint density at radius 1 is 0.932 bits per heavy atom. The number of halogens is 3. The molecule has 1 saturated heterocycles. The third kappa shape index (κ3) is 6.53. The van der Waals surface area contributed by atoms with Crippen molar-refractivity contribution in [2.75, 3.05) is 19.7 Å². The van der Waals surface area contributed by atoms with Crippen molar-refractivity contribution >= 4 is 17.4 Å². The van der Waals surface area contributed by atoms with Crippen LogP contribution in [-0.2, 0) is 22.6 Å². The second-order valence-corrected chi connectivity index (χ2v) is 11.9. The number of ether oxygens (including phenoxy) is 1. The normalized spacial score (nSPS) is 19.6. The zero-order valence-corrected chi connectivity index (χ0v) is 24.7. The monoisotopic (exact) mass is 603 g/mol. The number of nitrogens with zero attached hydrogens (tertiary/aromatic N) is 2. The minimum absolute atomic E-state index is 0.0105. The molecule has 2 aliphatic heterocycles. The minimum Gasteiger partial charge on any atom is -0.488 e. The summed E-state index contributed by atoms with van der Waals surface area (Å²) in [6, 6.07) is 19.6. The fourth-order valence-corrected chi connectivity index (χ4v) is 6.28. The maximum absolute atomic E-state index is 14.4. The van der Waals surface area contributed by atoms with Crippen LogP contribution in [0, 0.1) is 17.5 Å². The highest BCUT2D eigenvalue weighted by Crippen LogP contribution is 2.37. The molecule has 2 bridgehead atoms. The van der Waals surface area contributed by atoms with Crippen LogP contribution in [0.5, 0.6) is 5.75 Å². The van der Waals surface area contributed by atoms with Crippen LogP contribution in [0.25, 0.3) is 5.57 Å². The third-order valence-corrected chi connectivity index (χ3v) is 8.69. The van der Waals surface area contributed by atoms with E-state index in [1.807, 2.05) is 64.4 Å². The van der Waals surface area contributed by atoms with Gasteiger partial charge < -0.3 is 19.9 Å². The van der Waals surface area contributed by atoms with E-state index in [-0.39, 0.29) is 36.5 Å². The van der Waals surface area contributed by atoms with Crippen molar-refractivity contribution in [2.45, 2.75) is 63.7 Å². The zero-order valence-electron chi connectivity index (χ0n) is 24.7. The van der Waals surface area contributed by atoms with Crippen molar-refractivity contribution < 1.29 is 27.5 Å². The summed E-state index contributed by atoms with van der Waals surface area (Å²) in [6.07, 6.45) is 3.67. The summed E-state index contributed by atoms with van der Waals surface area (Å²) in [6.45, 7) is 3.19. The fourth-order valence-electron chi connectivity index (χ4n) is 6.28. The number of aryl methyl sites for hydroxylation is 1. The molecule has 2 atom stereocenters. The van der Waals surface area contributed by atoms with Crippen molar-refractivity contribution in [1.82, 2.24) is 15.1 Å². The molecule has 2 amide bonds. The van der Waals surface area contributed by atoms with Crippen molar-refractivity contribution in [3.05, 3.63) is 106 Å². The van der Waals surface area contributed by atoms with Gasteiger partial charge >= 0.3 is 0 Å². The predicted molar refractivity (Wildman–Crippen MR) is 161 cm³/mol. The molecule has 0 radical (unpaired) electrons. The summed E-state index contributed by atoms with van der Waals surface area (Å²) in [7, 11) is 0. The minimum atomic E-state index is -1.32. The van der Waals surface area contributed by atoms with Crippen molar-refractivity contribution in [3.8, 4) is 5.75 Å². The Labute approximate surface area is 255 Å². The summed E-state index contributed by atoms with van der Waals surface area (Å²) >= 11 is 0. The van der Waals surface area contributed by atoms with Crippen LogP contribution in [0.1, 0.15) is 49.3 Å². The second-order valence-electron chi connectivity index (χ2n) is 11.9. The van der Waals surface area contributed by atoms with Gasteiger partial charge in [-0.15, -0.1) is 0 Å². The third-order valence-electron chi connectivity index (χ3n) is 8.69. The molecule has 3 aliphatic rings. The van der Waals surface area contributed by atoms with E-state index in [0.29, 0.717) is 38.9 Å². The van der Waals surface area contributed by atoms with E-state index >= 15 is 0 Å². The van der Waals surface area contributed by atoms with Crippen molar-refractivity contribution in [1.29, 1.82) is 0 Å². The molecule has 0 aromatic heterocycles. The number of fused-ring (bicyclic) bond motifs is 2. The number of carbonyl (C=O) groups is 2. The maximum atomic E-state index is 14.4. The number of piperazine rings is 1. The Bertz CT molecular complexity index is 1560. The predicted octanol–water partition coefficient (Wildman–Crippen LogP) is 5.65. The number of hydrogen-bond acceptors (Lipinski definition) is 4. The standard InChI is InChI=1S/C35H36F3N3O3/c1-22(42)40-20-26-18-28(25-11-9-23(10-12-25)8-5-17-44-34-30(37)16-15-29(36)33(34)38)32(31(21-40)39-26)35(43)41(27-13-14-27)19-24-6-3-2-4-7-24/h2-4,6-7,9-12,15-16,26-27,31,39H,5,8,13-14,17-21H2,1H3/t26?,31-/m1/s1. The molecule has 1 aliphatic carbocycles. The Morgan fingerprint density at radius 2 is 1.66 bits per heavy atom. The molecule has 1 N–H and O–H groups in total. The van der Waals surface area contributed by atoms with Crippen LogP contribution in [0.2, 0.25) is 0 Å². The van der Waals surface area contributed by atoms with Crippen molar-refractivity contribution in [3.63, 3.8) is 0 Å². The molecular formula is C35H36F3N3O3. The highest BCUT2D eigenvalue weighted by Gasteiger charge is 2.43. The Kier molecular flexibility index (Phi) is 8.75. The lowest BCUT2D eigenvalue weighted by Gasteiger charge is -2.44. The van der Waals surface area contributed by atoms with Gasteiger partial charge in [0.15, 0.2) is 17.4 Å². The molecule has 0 spiro atoms. The van der Waals surface area contributed by atoms with E-state index in [1.165, 1.54) is 0 Å². The quantitative estimate of drug-likeness (QED) is 0.240. The highest BCUT2D eigenvalue weighted by molar-refractivity contribution is 6.03. The van der Waals surface area contributed by atoms with Crippen molar-refractivity contribution in [2.24, 2.45) is 0 Å². The first-order chi connectivity index (χ1) is 21.3. The first-order valence-electron chi connectivity index (χ1n) is 15.2. The van der Waals surface area contributed by atoms with Gasteiger partial charge in [-0.05, 0) is 66.5 Å². The molecule has 3 aromatic rings. The maximum Gasteiger partial charge on any atom is 0.252 e. The Morgan fingerprint density at radius 3 is 2.36 bits per heavy atom. The summed E-state index contributed by atoms with van der Waals surface area (Å²) < 4.78 is 46.4. The molecule has 6 rings (SSSR count). The van der Waals surface area contributed by atoms with Gasteiger partial charge in [-0.2, -0.15) is 4.39 Å². The van der Waals surface area contributed by atoms with Gasteiger partial charge in [-0.25, -0.2) is 8.78 Å². The molecule has 2 heterocycles. The SMILES string of the molecule is CC(=O)N1CC2CC(c3ccc(CCCOc4c(F)ccc(F)c4F)cc3)=C(C(=O)N(Cc3ccccc3)C3CC3)[C@@H](C1)N2. The van der Waals surface area contributed by atoms with Gasteiger partial charge in [-0.1, -0.05) is 54.6 Å². The summed E-state index contributed by atoms with van der Waals surface area (Å²) in [4.78, 5) is 30.6. The highest BCUT2D eigenvalue weighted by atomic mass is 19.2. The lowest BCUT2D eigenvalue weighted by atomic mass is 9.82. The Balaban J connectivity index is 1.22. The van der Waals surface area contributed by atoms with Gasteiger partial charge in [-0.3, -0.25) is 9.59 Å². The summed E-state index contributed by atoms with van der Waals surface area (Å²) in [5, 5.41) is 3.63. The molecule has 230 valence electrons. The van der Waals surface area contributed by atoms with Crippen LogP contribution in [0.15, 0.2) is 72.3 Å². The summed E-state index contributed by atoms with van der Waals surface area (Å²) in [5.74, 6) is -4.08. The average Bonchev–Trinajstić information content (AvgIpc) is 3.87. The van der Waals surface area contributed by atoms with Gasteiger partial charge in [0.25, 0.3) is 5.91 Å². The molecule has 6 nitrogen and oxygen atoms in total. The molecule has 1 unspecified atom stereocenters. The average molecular weight is 604 g/mol. The first-order valence-corrected chi connectivity index (χ1v) is 15.2. The van der Waals surface area contributed by atoms with Gasteiger partial charge in [0.1, 0.15) is 0 Å². The molecule has 3 aromatic carbocycles.